The van der Waals surface area contributed by atoms with Crippen molar-refractivity contribution in [2.24, 2.45) is 0 Å². The van der Waals surface area contributed by atoms with Crippen LogP contribution in [-0.4, -0.2) is 17.4 Å². The van der Waals surface area contributed by atoms with E-state index >= 15 is 0 Å². The number of amides is 1. The Morgan fingerprint density at radius 2 is 1.96 bits per heavy atom. The predicted molar refractivity (Wildman–Crippen MR) is 98.2 cm³/mol. The van der Waals surface area contributed by atoms with E-state index in [9.17, 15) is 13.6 Å². The zero-order valence-corrected chi connectivity index (χ0v) is 14.4. The number of hydrogen-bond donors (Lipinski definition) is 2. The number of para-hydroxylation sites is 1. The van der Waals surface area contributed by atoms with Gasteiger partial charge in [0.15, 0.2) is 0 Å². The van der Waals surface area contributed by atoms with E-state index in [1.165, 1.54) is 36.7 Å². The molecule has 0 aliphatic heterocycles. The molecule has 6 heteroatoms. The number of benzene rings is 1. The van der Waals surface area contributed by atoms with Crippen LogP contribution in [0.15, 0.2) is 48.2 Å². The Labute approximate surface area is 151 Å². The molecule has 0 saturated heterocycles. The summed E-state index contributed by atoms with van der Waals surface area (Å²) in [5, 5.41) is 5.47. The third kappa shape index (κ3) is 4.65. The number of halogens is 2. The monoisotopic (exact) mass is 357 g/mol. The van der Waals surface area contributed by atoms with Crippen molar-refractivity contribution in [3.05, 3.63) is 65.4 Å². The Hall–Kier alpha value is -2.76. The highest BCUT2D eigenvalue weighted by molar-refractivity contribution is 6.04. The zero-order valence-electron chi connectivity index (χ0n) is 14.4. The molecule has 1 aromatic heterocycles. The van der Waals surface area contributed by atoms with Gasteiger partial charge in [0, 0.05) is 18.3 Å². The van der Waals surface area contributed by atoms with Gasteiger partial charge in [-0.3, -0.25) is 4.79 Å². The van der Waals surface area contributed by atoms with Crippen LogP contribution in [0.1, 0.15) is 42.5 Å². The summed E-state index contributed by atoms with van der Waals surface area (Å²) in [6, 6.07) is 6.51. The van der Waals surface area contributed by atoms with Gasteiger partial charge in [0.1, 0.15) is 23.1 Å². The van der Waals surface area contributed by atoms with Crippen LogP contribution in [0.2, 0.25) is 0 Å². The van der Waals surface area contributed by atoms with Gasteiger partial charge in [-0.2, -0.15) is 0 Å². The van der Waals surface area contributed by atoms with Crippen molar-refractivity contribution in [1.82, 2.24) is 4.98 Å². The Morgan fingerprint density at radius 3 is 2.69 bits per heavy atom. The minimum atomic E-state index is -0.813. The summed E-state index contributed by atoms with van der Waals surface area (Å²) in [6.45, 7) is 0.728. The molecule has 0 atom stereocenters. The summed E-state index contributed by atoms with van der Waals surface area (Å²) in [5.74, 6) is -1.66. The van der Waals surface area contributed by atoms with Gasteiger partial charge in [-0.25, -0.2) is 13.8 Å². The maximum Gasteiger partial charge on any atom is 0.256 e. The summed E-state index contributed by atoms with van der Waals surface area (Å²) in [7, 11) is 0. The third-order valence-corrected chi connectivity index (χ3v) is 4.36. The molecule has 0 radical (unpaired) electrons. The van der Waals surface area contributed by atoms with E-state index in [4.69, 9.17) is 0 Å². The first-order valence-electron chi connectivity index (χ1n) is 8.76. The van der Waals surface area contributed by atoms with Gasteiger partial charge >= 0.3 is 0 Å². The number of hydrogen-bond acceptors (Lipinski definition) is 3. The number of nitrogens with one attached hydrogen (secondary N) is 2. The average Bonchev–Trinajstić information content (AvgIpc) is 2.66. The first-order chi connectivity index (χ1) is 12.6. The van der Waals surface area contributed by atoms with Gasteiger partial charge in [0.05, 0.1) is 0 Å². The molecule has 0 unspecified atom stereocenters. The maximum absolute atomic E-state index is 13.7. The minimum absolute atomic E-state index is 0.280. The number of carbonyl (C=O) groups excluding carboxylic acids is 1. The number of carbonyl (C=O) groups is 1. The first kappa shape index (κ1) is 18.0. The number of rotatable bonds is 6. The van der Waals surface area contributed by atoms with Gasteiger partial charge in [0.25, 0.3) is 5.91 Å². The quantitative estimate of drug-likeness (QED) is 0.722. The number of allylic oxidation sites excluding steroid dienone is 1. The second kappa shape index (κ2) is 8.56. The van der Waals surface area contributed by atoms with Gasteiger partial charge in [-0.05, 0) is 56.4 Å². The highest BCUT2D eigenvalue weighted by Gasteiger charge is 2.14. The van der Waals surface area contributed by atoms with E-state index in [1.807, 2.05) is 0 Å². The van der Waals surface area contributed by atoms with E-state index in [-0.39, 0.29) is 5.56 Å². The largest absolute Gasteiger partial charge is 0.370 e. The topological polar surface area (TPSA) is 54.0 Å². The number of aromatic nitrogens is 1. The van der Waals surface area contributed by atoms with Crippen molar-refractivity contribution in [3.8, 4) is 0 Å². The van der Waals surface area contributed by atoms with Crippen LogP contribution in [0.5, 0.6) is 0 Å². The van der Waals surface area contributed by atoms with Gasteiger partial charge in [-0.15, -0.1) is 0 Å². The van der Waals surface area contributed by atoms with Crippen LogP contribution in [0.25, 0.3) is 0 Å². The molecule has 1 aromatic carbocycles. The zero-order chi connectivity index (χ0) is 18.4. The third-order valence-electron chi connectivity index (χ3n) is 4.36. The molecule has 0 spiro atoms. The molecule has 0 fully saturated rings. The normalized spacial score (nSPS) is 13.8. The van der Waals surface area contributed by atoms with E-state index in [0.717, 1.165) is 37.9 Å². The first-order valence-corrected chi connectivity index (χ1v) is 8.76. The lowest BCUT2D eigenvalue weighted by molar-refractivity contribution is 0.102. The molecular weight excluding hydrogens is 336 g/mol. The summed E-state index contributed by atoms with van der Waals surface area (Å²) in [5.41, 5.74) is 1.28. The van der Waals surface area contributed by atoms with Crippen molar-refractivity contribution in [2.45, 2.75) is 32.1 Å². The standard InChI is InChI=1S/C20H21F2N3O/c21-16-7-4-8-17(22)19(16)25-20(26)15-10-12-24-18(13-15)23-11-9-14-5-2-1-3-6-14/h4-5,7-8,10,12-13H,1-3,6,9,11H2,(H,23,24)(H,25,26). The van der Waals surface area contributed by atoms with E-state index in [0.29, 0.717) is 5.82 Å². The molecule has 0 saturated carbocycles. The van der Waals surface area contributed by atoms with Crippen LogP contribution >= 0.6 is 0 Å². The molecule has 2 N–H and O–H groups in total. The number of anilines is 2. The summed E-state index contributed by atoms with van der Waals surface area (Å²) in [6.07, 6.45) is 9.53. The Balaban J connectivity index is 1.61. The second-order valence-electron chi connectivity index (χ2n) is 6.27. The van der Waals surface area contributed by atoms with Crippen LogP contribution in [0.3, 0.4) is 0 Å². The lowest BCUT2D eigenvalue weighted by Crippen LogP contribution is -2.15. The molecule has 26 heavy (non-hydrogen) atoms. The van der Waals surface area contributed by atoms with Gasteiger partial charge < -0.3 is 10.6 Å². The molecule has 1 heterocycles. The molecule has 1 aliphatic carbocycles. The smallest absolute Gasteiger partial charge is 0.256 e. The van der Waals surface area contributed by atoms with Crippen molar-refractivity contribution in [3.63, 3.8) is 0 Å². The molecule has 4 nitrogen and oxygen atoms in total. The van der Waals surface area contributed by atoms with Crippen molar-refractivity contribution < 1.29 is 13.6 Å². The lowest BCUT2D eigenvalue weighted by Gasteiger charge is -2.13. The Morgan fingerprint density at radius 1 is 1.15 bits per heavy atom. The highest BCUT2D eigenvalue weighted by Crippen LogP contribution is 2.21. The van der Waals surface area contributed by atoms with E-state index < -0.39 is 23.2 Å². The summed E-state index contributed by atoms with van der Waals surface area (Å²) < 4.78 is 27.3. The lowest BCUT2D eigenvalue weighted by atomic mass is 9.97. The molecule has 2 aromatic rings. The Bertz CT molecular complexity index is 800. The maximum atomic E-state index is 13.7. The fraction of sp³-hybridized carbons (Fsp3) is 0.300. The molecular formula is C20H21F2N3O. The fourth-order valence-corrected chi connectivity index (χ4v) is 2.95. The average molecular weight is 357 g/mol. The molecule has 0 bridgehead atoms. The van der Waals surface area contributed by atoms with Crippen LogP contribution in [0, 0.1) is 11.6 Å². The molecule has 3 rings (SSSR count). The molecule has 1 amide bonds. The van der Waals surface area contributed by atoms with E-state index in [2.05, 4.69) is 21.7 Å². The fourth-order valence-electron chi connectivity index (χ4n) is 2.95. The Kier molecular flexibility index (Phi) is 5.94. The van der Waals surface area contributed by atoms with Crippen molar-refractivity contribution in [1.29, 1.82) is 0 Å². The minimum Gasteiger partial charge on any atom is -0.370 e. The summed E-state index contributed by atoms with van der Waals surface area (Å²) >= 11 is 0. The second-order valence-corrected chi connectivity index (χ2v) is 6.27. The van der Waals surface area contributed by atoms with Gasteiger partial charge in [0.2, 0.25) is 0 Å². The van der Waals surface area contributed by atoms with Crippen molar-refractivity contribution >= 4 is 17.4 Å². The highest BCUT2D eigenvalue weighted by atomic mass is 19.1. The van der Waals surface area contributed by atoms with Gasteiger partial charge in [-0.1, -0.05) is 17.7 Å². The number of nitrogens with zero attached hydrogens (tertiary/aromatic N) is 1. The van der Waals surface area contributed by atoms with Crippen LogP contribution in [-0.2, 0) is 0 Å². The van der Waals surface area contributed by atoms with Crippen LogP contribution < -0.4 is 10.6 Å². The van der Waals surface area contributed by atoms with E-state index in [1.54, 1.807) is 6.07 Å². The number of pyridine rings is 1. The predicted octanol–water partition coefficient (Wildman–Crippen LogP) is 4.91. The van der Waals surface area contributed by atoms with Crippen molar-refractivity contribution in [2.75, 3.05) is 17.2 Å². The summed E-state index contributed by atoms with van der Waals surface area (Å²) in [4.78, 5) is 16.5. The SMILES string of the molecule is O=C(Nc1c(F)cccc1F)c1ccnc(NCCC2=CCCCC2)c1. The van der Waals surface area contributed by atoms with Crippen LogP contribution in [0.4, 0.5) is 20.3 Å². The molecule has 1 aliphatic rings. The molecule has 136 valence electrons.